The smallest absolute Gasteiger partial charge is 0.612 e. The molecule has 0 saturated carbocycles. The first kappa shape index (κ1) is 56.2. The van der Waals surface area contributed by atoms with E-state index in [4.69, 9.17) is 8.83 Å². The summed E-state index contributed by atoms with van der Waals surface area (Å²) in [4.78, 5) is 72.7. The molecule has 2 unspecified atom stereocenters. The van der Waals surface area contributed by atoms with E-state index in [2.05, 4.69) is 20.1 Å². The fraction of sp³-hybridized carbons (Fsp3) is 0.455. The number of hydrogen-bond donors (Lipinski definition) is 2. The van der Waals surface area contributed by atoms with E-state index in [1.807, 2.05) is 77.9 Å². The van der Waals surface area contributed by atoms with Crippen LogP contribution in [0.3, 0.4) is 0 Å². The Morgan fingerprint density at radius 3 is 1.19 bits per heavy atom. The zero-order valence-electron chi connectivity index (χ0n) is 37.1. The molecule has 0 aliphatic rings. The van der Waals surface area contributed by atoms with Gasteiger partial charge in [0.25, 0.3) is 0 Å². The maximum Gasteiger partial charge on any atom is 1.00 e. The van der Waals surface area contributed by atoms with E-state index < -0.39 is 63.8 Å². The van der Waals surface area contributed by atoms with Gasteiger partial charge in [-0.3, -0.25) is 9.59 Å². The predicted octanol–water partition coefficient (Wildman–Crippen LogP) is -1.01. The SMILES string of the molecule is CCC[P+]([O-])=N[C@@H](CC(C)C)C(=O)N[C@@H](Cc1ccc(-c2ccco2)cc1)C(=O)[O-].CCC[P+]([O-])=N[C@@H](CC(C)C)C(=O)N[C@@H](Cc1ccc(-c2ccco2)cc1)C(=O)[O-].[Li+].[Li+]. The summed E-state index contributed by atoms with van der Waals surface area (Å²) >= 11 is 0. The van der Waals surface area contributed by atoms with Crippen molar-refractivity contribution < 1.29 is 85.7 Å². The average molecular weight is 877 g/mol. The summed E-state index contributed by atoms with van der Waals surface area (Å²) in [5.74, 6) is -2.11. The van der Waals surface area contributed by atoms with Crippen LogP contribution in [-0.4, -0.2) is 60.2 Å². The van der Waals surface area contributed by atoms with E-state index in [-0.39, 0.29) is 62.4 Å². The van der Waals surface area contributed by atoms with E-state index in [0.717, 1.165) is 22.3 Å². The number of amides is 2. The monoisotopic (exact) mass is 876 g/mol. The van der Waals surface area contributed by atoms with Crippen molar-refractivity contribution in [3.8, 4) is 22.6 Å². The summed E-state index contributed by atoms with van der Waals surface area (Å²) in [5.41, 5.74) is 3.20. The Morgan fingerprint density at radius 1 is 0.597 bits per heavy atom. The number of carbonyl (C=O) groups is 4. The Balaban J connectivity index is 0.000000601. The summed E-state index contributed by atoms with van der Waals surface area (Å²) < 4.78 is 19.0. The van der Waals surface area contributed by atoms with Gasteiger partial charge in [0.15, 0.2) is 28.0 Å². The molecule has 2 heterocycles. The third kappa shape index (κ3) is 20.1. The molecule has 0 saturated heterocycles. The van der Waals surface area contributed by atoms with Gasteiger partial charge in [-0.05, 0) is 85.8 Å². The van der Waals surface area contributed by atoms with Gasteiger partial charge < -0.3 is 49.1 Å². The topological polar surface area (TPSA) is 236 Å². The molecule has 14 nitrogen and oxygen atoms in total. The van der Waals surface area contributed by atoms with Crippen LogP contribution < -0.4 is 68.4 Å². The molecule has 6 atom stereocenters. The maximum absolute atomic E-state index is 12.7. The number of carbonyl (C=O) groups excluding carboxylic acids is 4. The molecular formula is C44H56Li2N4O10P2. The standard InChI is InChI=1S/2C22H29N2O5P.2Li/c2*1-4-12-30(28)24-18(13-15(2)3)21(25)23-19(22(26)27)14-16-7-9-17(10-8-16)20-6-5-11-29-20;;/h2*5-11,15,18-19H,4,12-14H2,1-3H3,(H,23,25)(H,26,27);;/q;;2*+1/p-2/t2*18-,19-;;/m00../s1. The van der Waals surface area contributed by atoms with Gasteiger partial charge in [-0.2, -0.15) is 0 Å². The molecule has 0 bridgehead atoms. The molecule has 0 radical (unpaired) electrons. The molecule has 18 heteroatoms. The van der Waals surface area contributed by atoms with Crippen molar-refractivity contribution in [2.45, 2.75) is 104 Å². The van der Waals surface area contributed by atoms with Gasteiger partial charge in [0.05, 0.1) is 36.5 Å². The first-order chi connectivity index (χ1) is 28.6. The van der Waals surface area contributed by atoms with Crippen LogP contribution in [0.25, 0.3) is 22.6 Å². The van der Waals surface area contributed by atoms with Crippen LogP contribution in [0, 0.1) is 11.8 Å². The van der Waals surface area contributed by atoms with Gasteiger partial charge in [-0.1, -0.05) is 90.1 Å². The van der Waals surface area contributed by atoms with E-state index in [1.165, 1.54) is 0 Å². The van der Waals surface area contributed by atoms with E-state index in [0.29, 0.717) is 49.5 Å². The molecular weight excluding hydrogens is 820 g/mol. The fourth-order valence-electron chi connectivity index (χ4n) is 6.00. The van der Waals surface area contributed by atoms with Crippen molar-refractivity contribution in [1.29, 1.82) is 0 Å². The van der Waals surface area contributed by atoms with Crippen molar-refractivity contribution in [2.24, 2.45) is 21.3 Å². The molecule has 0 fully saturated rings. The van der Waals surface area contributed by atoms with Crippen LogP contribution in [0.15, 0.2) is 104 Å². The van der Waals surface area contributed by atoms with Gasteiger partial charge in [0, 0.05) is 11.1 Å². The second kappa shape index (κ2) is 29.5. The molecule has 2 aromatic heterocycles. The Bertz CT molecular complexity index is 1850. The van der Waals surface area contributed by atoms with Crippen LogP contribution in [-0.2, 0) is 32.0 Å². The minimum Gasteiger partial charge on any atom is -0.612 e. The molecule has 0 aliphatic heterocycles. The Kier molecular flexibility index (Phi) is 26.8. The van der Waals surface area contributed by atoms with Gasteiger partial charge >= 0.3 is 37.7 Å². The molecule has 324 valence electrons. The number of benzene rings is 2. The van der Waals surface area contributed by atoms with Gasteiger partial charge in [0.1, 0.15) is 23.8 Å². The van der Waals surface area contributed by atoms with Crippen molar-refractivity contribution in [3.05, 3.63) is 96.4 Å². The first-order valence-corrected chi connectivity index (χ1v) is 23.0. The average Bonchev–Trinajstić information content (AvgIpc) is 3.94. The largest absolute Gasteiger partial charge is 1.00 e. The van der Waals surface area contributed by atoms with Crippen molar-refractivity contribution >= 4 is 39.6 Å². The summed E-state index contributed by atoms with van der Waals surface area (Å²) in [7, 11) is -3.70. The van der Waals surface area contributed by atoms with E-state index in [9.17, 15) is 39.2 Å². The van der Waals surface area contributed by atoms with Crippen LogP contribution in [0.1, 0.15) is 78.4 Å². The Hall–Kier alpha value is -3.81. The third-order valence-electron chi connectivity index (χ3n) is 8.96. The van der Waals surface area contributed by atoms with E-state index >= 15 is 0 Å². The molecule has 2 N–H and O–H groups in total. The zero-order chi connectivity index (χ0) is 44.2. The normalized spacial score (nSPS) is 13.4. The summed E-state index contributed by atoms with van der Waals surface area (Å²) in [5, 5.41) is 28.3. The summed E-state index contributed by atoms with van der Waals surface area (Å²) in [6.45, 7) is 11.5. The van der Waals surface area contributed by atoms with Crippen molar-refractivity contribution in [1.82, 2.24) is 10.6 Å². The predicted molar refractivity (Wildman–Crippen MR) is 225 cm³/mol. The third-order valence-corrected chi connectivity index (χ3v) is 11.7. The first-order valence-electron chi connectivity index (χ1n) is 20.2. The molecule has 2 amide bonds. The summed E-state index contributed by atoms with van der Waals surface area (Å²) in [6.07, 6.45) is 6.31. The molecule has 0 spiro atoms. The number of hydrogen-bond acceptors (Lipinski definition) is 12. The number of carboxylic acid groups (broad SMARTS) is 2. The Labute approximate surface area is 390 Å². The second-order valence-corrected chi connectivity index (χ2v) is 18.0. The molecule has 4 rings (SSSR count). The minimum atomic E-state index is -1.85. The maximum atomic E-state index is 12.7. The molecule has 4 aromatic rings. The number of furan rings is 2. The minimum absolute atomic E-state index is 0. The van der Waals surface area contributed by atoms with Gasteiger partial charge in [0.2, 0.25) is 11.8 Å². The quantitative estimate of drug-likeness (QED) is 0.0721. The number of aliphatic carboxylic acids is 2. The van der Waals surface area contributed by atoms with Crippen molar-refractivity contribution in [2.75, 3.05) is 12.3 Å². The number of nitrogens with one attached hydrogen (secondary N) is 2. The number of nitrogens with zero attached hydrogens (tertiary/aromatic N) is 2. The second-order valence-electron chi connectivity index (χ2n) is 15.2. The van der Waals surface area contributed by atoms with Gasteiger partial charge in [-0.15, -0.1) is 9.49 Å². The molecule has 0 aliphatic carbocycles. The van der Waals surface area contributed by atoms with Gasteiger partial charge in [-0.25, -0.2) is 0 Å². The number of rotatable bonds is 22. The molecule has 62 heavy (non-hydrogen) atoms. The molecule has 2 aromatic carbocycles. The fourth-order valence-corrected chi connectivity index (χ4v) is 8.02. The van der Waals surface area contributed by atoms with Crippen LogP contribution >= 0.6 is 15.9 Å². The van der Waals surface area contributed by atoms with Crippen LogP contribution in [0.2, 0.25) is 0 Å². The summed E-state index contributed by atoms with van der Waals surface area (Å²) in [6, 6.07) is 17.6. The number of carboxylic acids is 2. The zero-order valence-corrected chi connectivity index (χ0v) is 38.9. The van der Waals surface area contributed by atoms with E-state index in [1.54, 1.807) is 48.9 Å². The van der Waals surface area contributed by atoms with Crippen LogP contribution in [0.4, 0.5) is 0 Å². The Morgan fingerprint density at radius 2 is 0.935 bits per heavy atom. The van der Waals surface area contributed by atoms with Crippen molar-refractivity contribution in [3.63, 3.8) is 0 Å². The van der Waals surface area contributed by atoms with Crippen LogP contribution in [0.5, 0.6) is 0 Å².